The van der Waals surface area contributed by atoms with E-state index >= 15 is 0 Å². The first-order chi connectivity index (χ1) is 11.8. The Kier molecular flexibility index (Phi) is 4.69. The number of oxazole rings is 1. The van der Waals surface area contributed by atoms with Crippen LogP contribution in [-0.2, 0) is 16.0 Å². The average Bonchev–Trinajstić information content (AvgIpc) is 2.91. The third-order valence-electron chi connectivity index (χ3n) is 4.70. The van der Waals surface area contributed by atoms with Crippen LogP contribution in [0.2, 0.25) is 0 Å². The van der Waals surface area contributed by atoms with E-state index in [2.05, 4.69) is 4.98 Å². The van der Waals surface area contributed by atoms with Crippen molar-refractivity contribution in [1.82, 2.24) is 9.88 Å². The Labute approximate surface area is 149 Å². The van der Waals surface area contributed by atoms with E-state index in [1.165, 1.54) is 5.56 Å². The first-order valence-electron chi connectivity index (χ1n) is 8.72. The molecule has 3 rings (SSSR count). The Balaban J connectivity index is 1.78. The highest BCUT2D eigenvalue weighted by molar-refractivity contribution is 5.79. The Morgan fingerprint density at radius 2 is 1.96 bits per heavy atom. The molecule has 2 aromatic rings. The number of hydrogen-bond donors (Lipinski definition) is 0. The number of rotatable bonds is 3. The molecule has 0 N–H and O–H groups in total. The van der Waals surface area contributed by atoms with Crippen LogP contribution in [0, 0.1) is 13.8 Å². The van der Waals surface area contributed by atoms with Gasteiger partial charge in [0, 0.05) is 12.1 Å². The Morgan fingerprint density at radius 3 is 2.64 bits per heavy atom. The number of amides is 1. The molecule has 1 aromatic heterocycles. The van der Waals surface area contributed by atoms with Crippen molar-refractivity contribution < 1.29 is 13.9 Å². The predicted molar refractivity (Wildman–Crippen MR) is 96.3 cm³/mol. The molecule has 0 aliphatic carbocycles. The minimum Gasteiger partial charge on any atom is -0.441 e. The molecular weight excluding hydrogens is 316 g/mol. The summed E-state index contributed by atoms with van der Waals surface area (Å²) >= 11 is 0. The molecule has 1 aliphatic heterocycles. The van der Waals surface area contributed by atoms with E-state index in [0.29, 0.717) is 30.5 Å². The van der Waals surface area contributed by atoms with Crippen molar-refractivity contribution in [2.45, 2.75) is 52.7 Å². The molecule has 1 amide bonds. The fourth-order valence-electron chi connectivity index (χ4n) is 3.07. The summed E-state index contributed by atoms with van der Waals surface area (Å²) in [5, 5.41) is 0. The standard InChI is InChI=1S/C20H26N2O3/c1-13-6-8-16(9-7-13)19-21-17(15(3)25-19)10-18(23)22-11-14(2)24-12-20(22,4)5/h6-9,14H,10-12H2,1-5H3. The van der Waals surface area contributed by atoms with Gasteiger partial charge < -0.3 is 14.1 Å². The van der Waals surface area contributed by atoms with Gasteiger partial charge in [-0.05, 0) is 46.8 Å². The lowest BCUT2D eigenvalue weighted by molar-refractivity contribution is -0.152. The van der Waals surface area contributed by atoms with E-state index in [0.717, 1.165) is 5.56 Å². The summed E-state index contributed by atoms with van der Waals surface area (Å²) in [6, 6.07) is 8.02. The summed E-state index contributed by atoms with van der Waals surface area (Å²) in [4.78, 5) is 19.3. The largest absolute Gasteiger partial charge is 0.441 e. The second-order valence-electron chi connectivity index (χ2n) is 7.50. The summed E-state index contributed by atoms with van der Waals surface area (Å²) in [5.41, 5.74) is 2.51. The summed E-state index contributed by atoms with van der Waals surface area (Å²) in [6.07, 6.45) is 0.302. The van der Waals surface area contributed by atoms with Gasteiger partial charge in [-0.1, -0.05) is 17.7 Å². The van der Waals surface area contributed by atoms with Gasteiger partial charge in [0.05, 0.1) is 30.4 Å². The number of nitrogens with zero attached hydrogens (tertiary/aromatic N) is 2. The fourth-order valence-corrected chi connectivity index (χ4v) is 3.07. The summed E-state index contributed by atoms with van der Waals surface area (Å²) < 4.78 is 11.5. The molecule has 5 heteroatoms. The second kappa shape index (κ2) is 6.64. The number of hydrogen-bond acceptors (Lipinski definition) is 4. The SMILES string of the molecule is Cc1ccc(-c2nc(CC(=O)N3CC(C)OCC3(C)C)c(C)o2)cc1. The van der Waals surface area contributed by atoms with E-state index in [1.807, 2.05) is 63.8 Å². The number of carbonyl (C=O) groups is 1. The number of benzene rings is 1. The summed E-state index contributed by atoms with van der Waals surface area (Å²) in [7, 11) is 0. The van der Waals surface area contributed by atoms with Crippen LogP contribution in [0.25, 0.3) is 11.5 Å². The van der Waals surface area contributed by atoms with Crippen LogP contribution >= 0.6 is 0 Å². The molecule has 1 saturated heterocycles. The summed E-state index contributed by atoms with van der Waals surface area (Å²) in [5.74, 6) is 1.32. The van der Waals surface area contributed by atoms with Crippen LogP contribution in [0.5, 0.6) is 0 Å². The number of carbonyl (C=O) groups excluding carboxylic acids is 1. The maximum absolute atomic E-state index is 12.9. The van der Waals surface area contributed by atoms with E-state index in [9.17, 15) is 4.79 Å². The highest BCUT2D eigenvalue weighted by atomic mass is 16.5. The third-order valence-corrected chi connectivity index (χ3v) is 4.70. The minimum absolute atomic E-state index is 0.0542. The number of ether oxygens (including phenoxy) is 1. The van der Waals surface area contributed by atoms with Crippen molar-refractivity contribution in [1.29, 1.82) is 0 Å². The predicted octanol–water partition coefficient (Wildman–Crippen LogP) is 3.53. The van der Waals surface area contributed by atoms with E-state index < -0.39 is 0 Å². The van der Waals surface area contributed by atoms with Crippen molar-refractivity contribution in [2.24, 2.45) is 0 Å². The highest BCUT2D eigenvalue weighted by Gasteiger charge is 2.37. The van der Waals surface area contributed by atoms with Crippen molar-refractivity contribution in [3.05, 3.63) is 41.3 Å². The highest BCUT2D eigenvalue weighted by Crippen LogP contribution is 2.26. The molecule has 0 spiro atoms. The monoisotopic (exact) mass is 342 g/mol. The molecule has 0 saturated carbocycles. The van der Waals surface area contributed by atoms with Gasteiger partial charge in [-0.15, -0.1) is 0 Å². The van der Waals surface area contributed by atoms with Gasteiger partial charge in [-0.2, -0.15) is 0 Å². The van der Waals surface area contributed by atoms with Crippen LogP contribution in [0.1, 0.15) is 37.8 Å². The smallest absolute Gasteiger partial charge is 0.229 e. The topological polar surface area (TPSA) is 55.6 Å². The summed E-state index contributed by atoms with van der Waals surface area (Å²) in [6.45, 7) is 11.1. The van der Waals surface area contributed by atoms with E-state index in [-0.39, 0.29) is 24.0 Å². The molecule has 1 unspecified atom stereocenters. The minimum atomic E-state index is -0.305. The van der Waals surface area contributed by atoms with Gasteiger partial charge in [0.1, 0.15) is 5.76 Å². The van der Waals surface area contributed by atoms with Gasteiger partial charge in [-0.3, -0.25) is 4.79 Å². The fraction of sp³-hybridized carbons (Fsp3) is 0.500. The van der Waals surface area contributed by atoms with Gasteiger partial charge in [0.15, 0.2) is 0 Å². The van der Waals surface area contributed by atoms with Gasteiger partial charge in [0.2, 0.25) is 11.8 Å². The normalized spacial score (nSPS) is 19.9. The van der Waals surface area contributed by atoms with Crippen LogP contribution in [0.3, 0.4) is 0 Å². The Hall–Kier alpha value is -2.14. The maximum atomic E-state index is 12.9. The molecule has 134 valence electrons. The van der Waals surface area contributed by atoms with E-state index in [1.54, 1.807) is 0 Å². The van der Waals surface area contributed by atoms with E-state index in [4.69, 9.17) is 9.15 Å². The average molecular weight is 342 g/mol. The van der Waals surface area contributed by atoms with Gasteiger partial charge in [0.25, 0.3) is 0 Å². The second-order valence-corrected chi connectivity index (χ2v) is 7.50. The lowest BCUT2D eigenvalue weighted by atomic mass is 10.00. The zero-order valence-electron chi connectivity index (χ0n) is 15.6. The molecule has 0 bridgehead atoms. The zero-order chi connectivity index (χ0) is 18.2. The molecular formula is C20H26N2O3. The Morgan fingerprint density at radius 1 is 1.28 bits per heavy atom. The zero-order valence-corrected chi connectivity index (χ0v) is 15.6. The first kappa shape index (κ1) is 17.7. The van der Waals surface area contributed by atoms with Crippen molar-refractivity contribution >= 4 is 5.91 Å². The van der Waals surface area contributed by atoms with Gasteiger partial charge >= 0.3 is 0 Å². The number of aromatic nitrogens is 1. The number of morpholine rings is 1. The molecule has 1 aliphatic rings. The van der Waals surface area contributed by atoms with Crippen LogP contribution in [0.15, 0.2) is 28.7 Å². The lowest BCUT2D eigenvalue weighted by Gasteiger charge is -2.44. The molecule has 1 aromatic carbocycles. The molecule has 1 fully saturated rings. The molecule has 5 nitrogen and oxygen atoms in total. The van der Waals surface area contributed by atoms with Crippen molar-refractivity contribution in [2.75, 3.05) is 13.2 Å². The first-order valence-corrected chi connectivity index (χ1v) is 8.72. The van der Waals surface area contributed by atoms with Crippen molar-refractivity contribution in [3.8, 4) is 11.5 Å². The number of aryl methyl sites for hydroxylation is 2. The Bertz CT molecular complexity index is 762. The van der Waals surface area contributed by atoms with Crippen LogP contribution in [-0.4, -0.2) is 40.6 Å². The molecule has 0 radical (unpaired) electrons. The maximum Gasteiger partial charge on any atom is 0.229 e. The lowest BCUT2D eigenvalue weighted by Crippen LogP contribution is -2.58. The quantitative estimate of drug-likeness (QED) is 0.856. The molecule has 1 atom stereocenters. The van der Waals surface area contributed by atoms with Crippen molar-refractivity contribution in [3.63, 3.8) is 0 Å². The van der Waals surface area contributed by atoms with Gasteiger partial charge in [-0.25, -0.2) is 4.98 Å². The third kappa shape index (κ3) is 3.76. The van der Waals surface area contributed by atoms with Crippen LogP contribution in [0.4, 0.5) is 0 Å². The van der Waals surface area contributed by atoms with Crippen LogP contribution < -0.4 is 0 Å². The molecule has 25 heavy (non-hydrogen) atoms. The molecule has 2 heterocycles.